The Morgan fingerprint density at radius 1 is 1.41 bits per heavy atom. The van der Waals surface area contributed by atoms with Gasteiger partial charge >= 0.3 is 0 Å². The van der Waals surface area contributed by atoms with Crippen LogP contribution in [0.5, 0.6) is 0 Å². The molecule has 0 amide bonds. The van der Waals surface area contributed by atoms with Crippen molar-refractivity contribution >= 4 is 11.3 Å². The first-order valence-corrected chi connectivity index (χ1v) is 6.97. The van der Waals surface area contributed by atoms with Gasteiger partial charge in [0.1, 0.15) is 0 Å². The third-order valence-electron chi connectivity index (χ3n) is 2.40. The van der Waals surface area contributed by atoms with Crippen molar-refractivity contribution in [3.8, 4) is 0 Å². The summed E-state index contributed by atoms with van der Waals surface area (Å²) in [4.78, 5) is 1.33. The largest absolute Gasteiger partial charge is 0.389 e. The third-order valence-corrected chi connectivity index (χ3v) is 3.42. The van der Waals surface area contributed by atoms with E-state index in [9.17, 15) is 5.11 Å². The van der Waals surface area contributed by atoms with Crippen LogP contribution in [0.2, 0.25) is 0 Å². The van der Waals surface area contributed by atoms with Crippen LogP contribution in [0.4, 0.5) is 0 Å². The van der Waals surface area contributed by atoms with Crippen LogP contribution in [0, 0.1) is 12.8 Å². The van der Waals surface area contributed by atoms with E-state index in [1.54, 1.807) is 11.3 Å². The Bertz CT molecular complexity index is 312. The smallest absolute Gasteiger partial charge is 0.0897 e. The van der Waals surface area contributed by atoms with Crippen LogP contribution in [-0.2, 0) is 11.3 Å². The van der Waals surface area contributed by atoms with Crippen LogP contribution < -0.4 is 5.32 Å². The molecule has 1 rings (SSSR count). The Morgan fingerprint density at radius 3 is 2.76 bits per heavy atom. The summed E-state index contributed by atoms with van der Waals surface area (Å²) in [6, 6.07) is 2.11. The van der Waals surface area contributed by atoms with Crippen molar-refractivity contribution in [3.05, 3.63) is 21.9 Å². The summed E-state index contributed by atoms with van der Waals surface area (Å²) in [6.45, 7) is 8.83. The summed E-state index contributed by atoms with van der Waals surface area (Å²) >= 11 is 1.75. The molecule has 0 aliphatic carbocycles. The van der Waals surface area contributed by atoms with Crippen molar-refractivity contribution in [3.63, 3.8) is 0 Å². The first-order valence-electron chi connectivity index (χ1n) is 6.09. The number of aliphatic hydroxyl groups is 1. The minimum Gasteiger partial charge on any atom is -0.389 e. The Balaban J connectivity index is 2.08. The van der Waals surface area contributed by atoms with E-state index < -0.39 is 6.10 Å². The van der Waals surface area contributed by atoms with Gasteiger partial charge in [0.25, 0.3) is 0 Å². The maximum atomic E-state index is 9.68. The molecule has 1 aromatic rings. The highest BCUT2D eigenvalue weighted by atomic mass is 32.1. The lowest BCUT2D eigenvalue weighted by Crippen LogP contribution is -2.30. The number of thiophene rings is 1. The van der Waals surface area contributed by atoms with Crippen LogP contribution in [0.25, 0.3) is 0 Å². The van der Waals surface area contributed by atoms with Gasteiger partial charge in [-0.1, -0.05) is 13.8 Å². The molecular weight excluding hydrogens is 234 g/mol. The number of aliphatic hydroxyl groups excluding tert-OH is 1. The molecule has 1 atom stereocenters. The summed E-state index contributed by atoms with van der Waals surface area (Å²) in [7, 11) is 0. The third kappa shape index (κ3) is 6.17. The molecule has 0 saturated carbocycles. The predicted octanol–water partition coefficient (Wildman–Crippen LogP) is 2.18. The van der Waals surface area contributed by atoms with Crippen molar-refractivity contribution in [1.82, 2.24) is 5.32 Å². The molecule has 0 aliphatic rings. The molecule has 0 saturated heterocycles. The highest BCUT2D eigenvalue weighted by molar-refractivity contribution is 7.10. The zero-order chi connectivity index (χ0) is 12.7. The van der Waals surface area contributed by atoms with Crippen molar-refractivity contribution in [2.24, 2.45) is 5.92 Å². The Hall–Kier alpha value is -0.420. The van der Waals surface area contributed by atoms with Gasteiger partial charge in [-0.25, -0.2) is 0 Å². The molecule has 0 radical (unpaired) electrons. The first kappa shape index (κ1) is 14.6. The Morgan fingerprint density at radius 2 is 2.18 bits per heavy atom. The molecule has 3 nitrogen and oxygen atoms in total. The maximum Gasteiger partial charge on any atom is 0.0897 e. The zero-order valence-electron chi connectivity index (χ0n) is 10.9. The molecular formula is C13H23NO2S. The highest BCUT2D eigenvalue weighted by Gasteiger charge is 2.05. The summed E-state index contributed by atoms with van der Waals surface area (Å²) in [5, 5.41) is 15.0. The lowest BCUT2D eigenvalue weighted by atomic mass is 10.2. The number of hydrogen-bond donors (Lipinski definition) is 2. The molecule has 0 fully saturated rings. The van der Waals surface area contributed by atoms with Gasteiger partial charge in [-0.05, 0) is 29.9 Å². The lowest BCUT2D eigenvalue weighted by molar-refractivity contribution is 0.0260. The van der Waals surface area contributed by atoms with Gasteiger partial charge < -0.3 is 15.2 Å². The Kier molecular flexibility index (Phi) is 6.73. The fourth-order valence-electron chi connectivity index (χ4n) is 1.44. The second-order valence-electron chi connectivity index (χ2n) is 4.74. The number of rotatable bonds is 8. The van der Waals surface area contributed by atoms with Crippen LogP contribution >= 0.6 is 11.3 Å². The Labute approximate surface area is 108 Å². The molecule has 0 spiro atoms. The van der Waals surface area contributed by atoms with E-state index in [1.165, 1.54) is 10.4 Å². The molecule has 17 heavy (non-hydrogen) atoms. The summed E-state index contributed by atoms with van der Waals surface area (Å²) in [5.74, 6) is 0.518. The van der Waals surface area contributed by atoms with E-state index >= 15 is 0 Å². The van der Waals surface area contributed by atoms with E-state index in [2.05, 4.69) is 37.5 Å². The van der Waals surface area contributed by atoms with E-state index in [4.69, 9.17) is 4.74 Å². The van der Waals surface area contributed by atoms with E-state index in [-0.39, 0.29) is 0 Å². The predicted molar refractivity (Wildman–Crippen MR) is 72.4 cm³/mol. The van der Waals surface area contributed by atoms with Gasteiger partial charge in [0.2, 0.25) is 0 Å². The van der Waals surface area contributed by atoms with Crippen molar-refractivity contribution in [2.45, 2.75) is 33.4 Å². The quantitative estimate of drug-likeness (QED) is 0.750. The summed E-state index contributed by atoms with van der Waals surface area (Å²) in [6.07, 6.45) is -0.422. The maximum absolute atomic E-state index is 9.68. The summed E-state index contributed by atoms with van der Waals surface area (Å²) < 4.78 is 5.38. The van der Waals surface area contributed by atoms with Crippen molar-refractivity contribution in [1.29, 1.82) is 0 Å². The molecule has 0 aromatic carbocycles. The minimum absolute atomic E-state index is 0.411. The molecule has 1 heterocycles. The monoisotopic (exact) mass is 257 g/mol. The van der Waals surface area contributed by atoms with Crippen molar-refractivity contribution < 1.29 is 9.84 Å². The fraction of sp³-hybridized carbons (Fsp3) is 0.692. The van der Waals surface area contributed by atoms with Crippen LogP contribution in [0.15, 0.2) is 11.4 Å². The topological polar surface area (TPSA) is 41.5 Å². The van der Waals surface area contributed by atoms with Gasteiger partial charge in [-0.15, -0.1) is 11.3 Å². The molecule has 98 valence electrons. The second kappa shape index (κ2) is 7.82. The molecule has 0 aliphatic heterocycles. The minimum atomic E-state index is -0.422. The van der Waals surface area contributed by atoms with Gasteiger partial charge in [0, 0.05) is 24.6 Å². The van der Waals surface area contributed by atoms with E-state index in [0.29, 0.717) is 25.7 Å². The number of hydrogen-bond acceptors (Lipinski definition) is 4. The lowest BCUT2D eigenvalue weighted by Gasteiger charge is -2.13. The van der Waals surface area contributed by atoms with Gasteiger partial charge in [-0.2, -0.15) is 0 Å². The average molecular weight is 257 g/mol. The fourth-order valence-corrected chi connectivity index (χ4v) is 2.31. The number of aryl methyl sites for hydroxylation is 1. The first-order chi connectivity index (χ1) is 8.09. The van der Waals surface area contributed by atoms with Crippen molar-refractivity contribution in [2.75, 3.05) is 19.8 Å². The zero-order valence-corrected chi connectivity index (χ0v) is 11.7. The number of ether oxygens (including phenoxy) is 1. The van der Waals surface area contributed by atoms with Crippen LogP contribution in [0.3, 0.4) is 0 Å². The average Bonchev–Trinajstić information content (AvgIpc) is 2.64. The normalized spacial score (nSPS) is 13.2. The van der Waals surface area contributed by atoms with Gasteiger partial charge in [0.15, 0.2) is 0 Å². The molecule has 4 heteroatoms. The summed E-state index contributed by atoms with van der Waals surface area (Å²) in [5.41, 5.74) is 1.31. The SMILES string of the molecule is Cc1ccsc1CNCC(O)COCC(C)C. The molecule has 0 bridgehead atoms. The van der Waals surface area contributed by atoms with E-state index in [1.807, 2.05) is 0 Å². The highest BCUT2D eigenvalue weighted by Crippen LogP contribution is 2.14. The second-order valence-corrected chi connectivity index (χ2v) is 5.74. The van der Waals surface area contributed by atoms with E-state index in [0.717, 1.165) is 6.54 Å². The standard InChI is InChI=1S/C13H23NO2S/c1-10(2)8-16-9-12(15)6-14-7-13-11(3)4-5-17-13/h4-5,10,12,14-15H,6-9H2,1-3H3. The van der Waals surface area contributed by atoms with Gasteiger partial charge in [-0.3, -0.25) is 0 Å². The van der Waals surface area contributed by atoms with Crippen LogP contribution in [-0.4, -0.2) is 31.0 Å². The molecule has 1 unspecified atom stereocenters. The van der Waals surface area contributed by atoms with Gasteiger partial charge in [0.05, 0.1) is 12.7 Å². The van der Waals surface area contributed by atoms with Crippen LogP contribution in [0.1, 0.15) is 24.3 Å². The number of nitrogens with one attached hydrogen (secondary N) is 1. The molecule has 2 N–H and O–H groups in total. The molecule has 1 aromatic heterocycles.